The molecule has 0 saturated carbocycles. The highest BCUT2D eigenvalue weighted by molar-refractivity contribution is 7.09. The van der Waals surface area contributed by atoms with Crippen LogP contribution in [0.25, 0.3) is 76.5 Å². The zero-order valence-electron chi connectivity index (χ0n) is 18.7. The van der Waals surface area contributed by atoms with Crippen molar-refractivity contribution in [2.45, 2.75) is 0 Å². The summed E-state index contributed by atoms with van der Waals surface area (Å²) >= 11 is 1.47. The highest BCUT2D eigenvalue weighted by Crippen LogP contribution is 2.48. The lowest BCUT2D eigenvalue weighted by Crippen LogP contribution is -1.86. The van der Waals surface area contributed by atoms with E-state index in [1.807, 2.05) is 0 Å². The van der Waals surface area contributed by atoms with Crippen LogP contribution < -0.4 is 0 Å². The maximum Gasteiger partial charge on any atom is 0.174 e. The fourth-order valence-electron chi connectivity index (χ4n) is 5.61. The smallest absolute Gasteiger partial charge is 0.174 e. The normalized spacial score (nSPS) is 12.0. The van der Waals surface area contributed by atoms with Gasteiger partial charge in [-0.1, -0.05) is 103 Å². The van der Waals surface area contributed by atoms with Crippen LogP contribution in [0.15, 0.2) is 109 Å². The van der Waals surface area contributed by atoms with Crippen molar-refractivity contribution in [1.29, 1.82) is 0 Å². The van der Waals surface area contributed by atoms with Gasteiger partial charge in [-0.05, 0) is 72.2 Å². The molecule has 0 spiro atoms. The molecule has 35 heavy (non-hydrogen) atoms. The Kier molecular flexibility index (Phi) is 3.85. The highest BCUT2D eigenvalue weighted by Gasteiger charge is 2.22. The fraction of sp³-hybridized carbons (Fsp3) is 0. The van der Waals surface area contributed by atoms with Crippen LogP contribution in [0, 0.1) is 0 Å². The lowest BCUT2D eigenvalue weighted by Gasteiger charge is -2.07. The van der Waals surface area contributed by atoms with Crippen molar-refractivity contribution in [1.82, 2.24) is 9.36 Å². The first-order valence-electron chi connectivity index (χ1n) is 11.8. The molecule has 0 amide bonds. The van der Waals surface area contributed by atoms with E-state index in [9.17, 15) is 0 Å². The van der Waals surface area contributed by atoms with Crippen LogP contribution in [0.5, 0.6) is 0 Å². The summed E-state index contributed by atoms with van der Waals surface area (Å²) in [5, 5.41) is 8.52. The summed E-state index contributed by atoms with van der Waals surface area (Å²) in [6.45, 7) is 0. The average molecular weight is 463 g/mol. The van der Waals surface area contributed by atoms with E-state index < -0.39 is 0 Å². The summed E-state index contributed by atoms with van der Waals surface area (Å²) in [5.74, 6) is 0.789. The number of aromatic nitrogens is 2. The van der Waals surface area contributed by atoms with Gasteiger partial charge in [-0.2, -0.15) is 4.37 Å². The molecule has 0 N–H and O–H groups in total. The molecule has 0 atom stereocenters. The van der Waals surface area contributed by atoms with Crippen molar-refractivity contribution in [3.05, 3.63) is 109 Å². The maximum absolute atomic E-state index is 5.01. The summed E-state index contributed by atoms with van der Waals surface area (Å²) in [6.07, 6.45) is 0. The van der Waals surface area contributed by atoms with Gasteiger partial charge in [0.15, 0.2) is 5.82 Å². The third-order valence-corrected chi connectivity index (χ3v) is 7.97. The molecule has 0 bridgehead atoms. The third-order valence-electron chi connectivity index (χ3n) is 7.21. The molecular formula is C32H18N2S. The zero-order valence-corrected chi connectivity index (χ0v) is 19.5. The molecule has 1 heterocycles. The second-order valence-electron chi connectivity index (χ2n) is 9.08. The Morgan fingerprint density at radius 3 is 2.14 bits per heavy atom. The second-order valence-corrected chi connectivity index (χ2v) is 9.83. The quantitative estimate of drug-likeness (QED) is 0.240. The van der Waals surface area contributed by atoms with Gasteiger partial charge in [-0.25, -0.2) is 4.98 Å². The van der Waals surface area contributed by atoms with E-state index in [0.29, 0.717) is 0 Å². The molecule has 6 aromatic carbocycles. The topological polar surface area (TPSA) is 25.8 Å². The molecule has 0 aliphatic heterocycles. The van der Waals surface area contributed by atoms with Crippen molar-refractivity contribution < 1.29 is 0 Å². The molecule has 0 saturated heterocycles. The van der Waals surface area contributed by atoms with E-state index in [2.05, 4.69) is 109 Å². The molecule has 8 rings (SSSR count). The van der Waals surface area contributed by atoms with E-state index in [-0.39, 0.29) is 0 Å². The summed E-state index contributed by atoms with van der Waals surface area (Å²) in [4.78, 5) is 5.01. The Morgan fingerprint density at radius 1 is 0.486 bits per heavy atom. The van der Waals surface area contributed by atoms with Gasteiger partial charge in [-0.3, -0.25) is 0 Å². The van der Waals surface area contributed by atoms with E-state index in [1.165, 1.54) is 66.1 Å². The van der Waals surface area contributed by atoms with E-state index >= 15 is 0 Å². The highest BCUT2D eigenvalue weighted by atomic mass is 32.1. The molecule has 162 valence electrons. The van der Waals surface area contributed by atoms with Crippen LogP contribution >= 0.6 is 11.5 Å². The first-order chi connectivity index (χ1) is 17.3. The van der Waals surface area contributed by atoms with Gasteiger partial charge in [-0.15, -0.1) is 0 Å². The van der Waals surface area contributed by atoms with Gasteiger partial charge < -0.3 is 0 Å². The van der Waals surface area contributed by atoms with Gasteiger partial charge >= 0.3 is 0 Å². The predicted octanol–water partition coefficient (Wildman–Crippen LogP) is 8.98. The molecule has 7 aromatic rings. The van der Waals surface area contributed by atoms with Crippen molar-refractivity contribution in [2.24, 2.45) is 0 Å². The van der Waals surface area contributed by atoms with Crippen LogP contribution in [0.3, 0.4) is 0 Å². The molecule has 1 aliphatic rings. The first-order valence-corrected chi connectivity index (χ1v) is 12.5. The average Bonchev–Trinajstić information content (AvgIpc) is 3.53. The molecule has 0 radical (unpaired) electrons. The monoisotopic (exact) mass is 462 g/mol. The molecule has 0 unspecified atom stereocenters. The molecule has 1 aliphatic carbocycles. The molecule has 3 heteroatoms. The van der Waals surface area contributed by atoms with Crippen LogP contribution in [-0.4, -0.2) is 9.36 Å². The van der Waals surface area contributed by atoms with Crippen molar-refractivity contribution in [3.8, 4) is 44.2 Å². The largest absolute Gasteiger partial charge is 0.215 e. The van der Waals surface area contributed by atoms with E-state index in [1.54, 1.807) is 0 Å². The molecular weight excluding hydrogens is 444 g/mol. The summed E-state index contributed by atoms with van der Waals surface area (Å²) in [6, 6.07) is 39.2. The summed E-state index contributed by atoms with van der Waals surface area (Å²) in [7, 11) is 0. The van der Waals surface area contributed by atoms with Crippen LogP contribution in [0.1, 0.15) is 0 Å². The van der Waals surface area contributed by atoms with Gasteiger partial charge in [0.05, 0.1) is 0 Å². The maximum atomic E-state index is 5.01. The van der Waals surface area contributed by atoms with Crippen molar-refractivity contribution in [2.75, 3.05) is 0 Å². The Hall–Kier alpha value is -4.34. The minimum absolute atomic E-state index is 0.789. The summed E-state index contributed by atoms with van der Waals surface area (Å²) in [5.41, 5.74) is 7.40. The van der Waals surface area contributed by atoms with Gasteiger partial charge in [0, 0.05) is 11.1 Å². The van der Waals surface area contributed by atoms with E-state index in [0.717, 1.165) is 22.0 Å². The minimum atomic E-state index is 0.789. The van der Waals surface area contributed by atoms with E-state index in [4.69, 9.17) is 9.36 Å². The Bertz CT molecular complexity index is 1960. The number of benzene rings is 6. The van der Waals surface area contributed by atoms with Crippen molar-refractivity contribution >= 4 is 43.8 Å². The lowest BCUT2D eigenvalue weighted by atomic mass is 9.98. The Balaban J connectivity index is 1.26. The summed E-state index contributed by atoms with van der Waals surface area (Å²) < 4.78 is 4.80. The SMILES string of the molecule is c1cc2c3c(cccc3c1)-c1cc(-c3nc(-c4cccc5c4ccc4ccccc45)ns3)ccc1-2. The molecule has 0 fully saturated rings. The first kappa shape index (κ1) is 19.0. The van der Waals surface area contributed by atoms with Gasteiger partial charge in [0.1, 0.15) is 5.01 Å². The second kappa shape index (κ2) is 7.08. The van der Waals surface area contributed by atoms with Gasteiger partial charge in [0.2, 0.25) is 0 Å². The fourth-order valence-corrected chi connectivity index (χ4v) is 6.28. The third kappa shape index (κ3) is 2.70. The standard InChI is InChI=1S/C32H18N2S/c1-2-9-22-19(6-1)14-16-24-23(22)10-5-13-28(24)31-33-32(35-34-31)21-15-17-25-26-11-3-7-20-8-4-12-27(30(20)26)29(25)18-21/h1-18H. The lowest BCUT2D eigenvalue weighted by molar-refractivity contribution is 1.33. The van der Waals surface area contributed by atoms with Crippen LogP contribution in [0.4, 0.5) is 0 Å². The number of nitrogens with zero attached hydrogens (tertiary/aromatic N) is 2. The predicted molar refractivity (Wildman–Crippen MR) is 148 cm³/mol. The number of fused-ring (bicyclic) bond motifs is 6. The molecule has 2 nitrogen and oxygen atoms in total. The number of rotatable bonds is 2. The number of hydrogen-bond donors (Lipinski definition) is 0. The Labute approximate surface area is 206 Å². The Morgan fingerprint density at radius 2 is 1.23 bits per heavy atom. The van der Waals surface area contributed by atoms with Crippen LogP contribution in [0.2, 0.25) is 0 Å². The zero-order chi connectivity index (χ0) is 22.9. The van der Waals surface area contributed by atoms with Crippen molar-refractivity contribution in [3.63, 3.8) is 0 Å². The molecule has 1 aromatic heterocycles. The van der Waals surface area contributed by atoms with Gasteiger partial charge in [0.25, 0.3) is 0 Å². The number of hydrogen-bond acceptors (Lipinski definition) is 3. The minimum Gasteiger partial charge on any atom is -0.215 e. The van der Waals surface area contributed by atoms with Crippen LogP contribution in [-0.2, 0) is 0 Å².